The van der Waals surface area contributed by atoms with Crippen LogP contribution in [0.4, 0.5) is 5.69 Å². The summed E-state index contributed by atoms with van der Waals surface area (Å²) in [5.74, 6) is 3.66. The number of hydrogen-bond acceptors (Lipinski definition) is 6. The molecular weight excluding hydrogens is 633 g/mol. The molecule has 6 unspecified atom stereocenters. The lowest BCUT2D eigenvalue weighted by atomic mass is 9.52. The highest BCUT2D eigenvalue weighted by Gasteiger charge is 2.57. The molecule has 5 fully saturated rings. The van der Waals surface area contributed by atoms with E-state index in [1.54, 1.807) is 11.1 Å². The van der Waals surface area contributed by atoms with Gasteiger partial charge >= 0.3 is 0 Å². The first-order chi connectivity index (χ1) is 24.5. The molecule has 6 nitrogen and oxygen atoms in total. The molecule has 6 aliphatic rings. The van der Waals surface area contributed by atoms with Gasteiger partial charge in [0.2, 0.25) is 0 Å². The summed E-state index contributed by atoms with van der Waals surface area (Å²) < 4.78 is 13.0. The molecule has 6 atom stereocenters. The average Bonchev–Trinajstić information content (AvgIpc) is 3.87. The summed E-state index contributed by atoms with van der Waals surface area (Å²) in [7, 11) is 0. The van der Waals surface area contributed by atoms with Gasteiger partial charge in [-0.05, 0) is 116 Å². The summed E-state index contributed by atoms with van der Waals surface area (Å²) in [5, 5.41) is 18.4. The van der Waals surface area contributed by atoms with Gasteiger partial charge in [-0.3, -0.25) is 4.79 Å². The molecule has 2 aromatic rings. The van der Waals surface area contributed by atoms with E-state index in [2.05, 4.69) is 75.6 Å². The molecule has 276 valence electrons. The molecule has 3 N–H and O–H groups in total. The fourth-order valence-electron chi connectivity index (χ4n) is 9.90. The second-order valence-electron chi connectivity index (χ2n) is 17.8. The van der Waals surface area contributed by atoms with E-state index in [0.29, 0.717) is 35.8 Å². The monoisotopic (exact) mass is 694 g/mol. The third-order valence-electron chi connectivity index (χ3n) is 13.2. The SMILES string of the molecule is CC/C=C(/NCc1ccc(C2CC3(C)C(O)CCC3C3CCC4CC5(CCC4=C23)OCC(C)(C)CO5)cc1)Nc1ccc(C=O)cc1.CC1CC1. The van der Waals surface area contributed by atoms with Gasteiger partial charge in [0.05, 0.1) is 25.1 Å². The number of carbonyl (C=O) groups is 1. The molecule has 1 spiro atoms. The number of carbonyl (C=O) groups excluding carboxylic acids is 1. The maximum Gasteiger partial charge on any atom is 0.169 e. The van der Waals surface area contributed by atoms with Crippen LogP contribution < -0.4 is 10.6 Å². The molecule has 51 heavy (non-hydrogen) atoms. The predicted molar refractivity (Wildman–Crippen MR) is 205 cm³/mol. The highest BCUT2D eigenvalue weighted by molar-refractivity contribution is 5.75. The van der Waals surface area contributed by atoms with Gasteiger partial charge in [-0.1, -0.05) is 82.9 Å². The molecule has 1 heterocycles. The molecule has 1 saturated heterocycles. The van der Waals surface area contributed by atoms with Crippen LogP contribution in [0.5, 0.6) is 0 Å². The van der Waals surface area contributed by atoms with Crippen LogP contribution in [0.2, 0.25) is 0 Å². The van der Waals surface area contributed by atoms with Gasteiger partial charge in [0.1, 0.15) is 6.29 Å². The first-order valence-corrected chi connectivity index (χ1v) is 20.1. The molecule has 5 aliphatic carbocycles. The maximum absolute atomic E-state index is 11.3. The Morgan fingerprint density at radius 1 is 0.922 bits per heavy atom. The van der Waals surface area contributed by atoms with E-state index in [1.807, 2.05) is 24.3 Å². The van der Waals surface area contributed by atoms with E-state index in [-0.39, 0.29) is 16.9 Å². The quantitative estimate of drug-likeness (QED) is 0.189. The first-order valence-electron chi connectivity index (χ1n) is 20.1. The van der Waals surface area contributed by atoms with Crippen molar-refractivity contribution in [1.82, 2.24) is 5.32 Å². The molecular formula is C45H62N2O4. The lowest BCUT2D eigenvalue weighted by molar-refractivity contribution is -0.312. The Kier molecular flexibility index (Phi) is 10.6. The van der Waals surface area contributed by atoms with Crippen molar-refractivity contribution in [2.24, 2.45) is 34.5 Å². The smallest absolute Gasteiger partial charge is 0.169 e. The topological polar surface area (TPSA) is 79.8 Å². The number of benzene rings is 2. The van der Waals surface area contributed by atoms with Crippen molar-refractivity contribution in [3.05, 3.63) is 88.3 Å². The van der Waals surface area contributed by atoms with Crippen LogP contribution in [0, 0.1) is 34.5 Å². The van der Waals surface area contributed by atoms with E-state index in [0.717, 1.165) is 81.9 Å². The summed E-state index contributed by atoms with van der Waals surface area (Å²) in [4.78, 5) is 11.0. The number of nitrogens with one attached hydrogen (secondary N) is 2. The largest absolute Gasteiger partial charge is 0.393 e. The predicted octanol–water partition coefficient (Wildman–Crippen LogP) is 9.91. The average molecular weight is 695 g/mol. The Morgan fingerprint density at radius 3 is 2.27 bits per heavy atom. The number of anilines is 1. The van der Waals surface area contributed by atoms with Gasteiger partial charge in [-0.25, -0.2) is 0 Å². The van der Waals surface area contributed by atoms with Crippen molar-refractivity contribution in [3.63, 3.8) is 0 Å². The van der Waals surface area contributed by atoms with Crippen molar-refractivity contribution in [2.75, 3.05) is 18.5 Å². The van der Waals surface area contributed by atoms with Crippen LogP contribution in [0.15, 0.2) is 71.6 Å². The Labute approximate surface area is 306 Å². The summed E-state index contributed by atoms with van der Waals surface area (Å²) in [6.45, 7) is 13.5. The summed E-state index contributed by atoms with van der Waals surface area (Å²) >= 11 is 0. The Morgan fingerprint density at radius 2 is 1.63 bits per heavy atom. The van der Waals surface area contributed by atoms with Crippen LogP contribution in [0.3, 0.4) is 0 Å². The molecule has 0 aromatic heterocycles. The van der Waals surface area contributed by atoms with Crippen molar-refractivity contribution in [1.29, 1.82) is 0 Å². The van der Waals surface area contributed by atoms with Crippen molar-refractivity contribution < 1.29 is 19.4 Å². The molecule has 6 heteroatoms. The van der Waals surface area contributed by atoms with Gasteiger partial charge in [0.15, 0.2) is 5.79 Å². The highest BCUT2D eigenvalue weighted by Crippen LogP contribution is 2.65. The summed E-state index contributed by atoms with van der Waals surface area (Å²) in [6.07, 6.45) is 15.2. The molecule has 0 amide bonds. The fourth-order valence-corrected chi connectivity index (χ4v) is 9.90. The summed E-state index contributed by atoms with van der Waals surface area (Å²) in [6, 6.07) is 16.8. The number of aldehydes is 1. The summed E-state index contributed by atoms with van der Waals surface area (Å²) in [5.41, 5.74) is 7.72. The first kappa shape index (κ1) is 36.4. The van der Waals surface area contributed by atoms with E-state index < -0.39 is 5.79 Å². The van der Waals surface area contributed by atoms with Crippen LogP contribution >= 0.6 is 0 Å². The van der Waals surface area contributed by atoms with E-state index in [1.165, 1.54) is 36.8 Å². The zero-order valence-corrected chi connectivity index (χ0v) is 31.8. The minimum Gasteiger partial charge on any atom is -0.393 e. The number of aliphatic hydroxyl groups is 1. The maximum atomic E-state index is 11.3. The van der Waals surface area contributed by atoms with Gasteiger partial charge in [-0.2, -0.15) is 0 Å². The molecule has 2 aromatic carbocycles. The van der Waals surface area contributed by atoms with Crippen LogP contribution in [-0.2, 0) is 16.0 Å². The van der Waals surface area contributed by atoms with Crippen LogP contribution in [0.1, 0.15) is 133 Å². The zero-order chi connectivity index (χ0) is 35.8. The molecule has 4 saturated carbocycles. The van der Waals surface area contributed by atoms with Gasteiger partial charge < -0.3 is 25.2 Å². The Bertz CT molecular complexity index is 1580. The minimum atomic E-state index is -0.410. The molecule has 0 radical (unpaired) electrons. The van der Waals surface area contributed by atoms with Crippen LogP contribution in [-0.4, -0.2) is 36.5 Å². The van der Waals surface area contributed by atoms with Crippen LogP contribution in [0.25, 0.3) is 0 Å². The van der Waals surface area contributed by atoms with Gasteiger partial charge in [0.25, 0.3) is 0 Å². The van der Waals surface area contributed by atoms with E-state index in [9.17, 15) is 9.90 Å². The normalized spacial score (nSPS) is 32.2. The van der Waals surface area contributed by atoms with E-state index >= 15 is 0 Å². The lowest BCUT2D eigenvalue weighted by Gasteiger charge is -2.55. The Hall–Kier alpha value is -2.93. The van der Waals surface area contributed by atoms with Crippen molar-refractivity contribution in [3.8, 4) is 0 Å². The molecule has 8 rings (SSSR count). The lowest BCUT2D eigenvalue weighted by Crippen LogP contribution is -2.52. The number of fused-ring (bicyclic) bond motifs is 4. The number of aliphatic hydroxyl groups excluding tert-OH is 1. The molecule has 0 bridgehead atoms. The minimum absolute atomic E-state index is 0.0288. The number of rotatable bonds is 8. The number of allylic oxidation sites excluding steroid dienone is 3. The number of hydrogen-bond donors (Lipinski definition) is 3. The standard InChI is InChI=1S/C41H54N2O4.C4H8/c1-5-6-37(43-31-14-9-28(24-44)10-15-31)42-23-27-7-11-29(12-8-27)34-22-40(4)35(17-18-36(40)45)33-16-13-30-21-41(20-19-32(30)38(33)34)46-25-39(2,3)26-47-41;1-4-2-3-4/h6-12,14-15,24,30,33-36,42-43,45H,5,13,16-23,25-26H2,1-4H3;4H,2-3H2,1H3/b37-6-;. The second kappa shape index (κ2) is 14.8. The number of ether oxygens (including phenoxy) is 2. The van der Waals surface area contributed by atoms with Gasteiger partial charge in [-0.15, -0.1) is 0 Å². The van der Waals surface area contributed by atoms with Crippen molar-refractivity contribution in [2.45, 2.75) is 130 Å². The second-order valence-corrected chi connectivity index (χ2v) is 17.8. The Balaban J connectivity index is 0.000000950. The third kappa shape index (κ3) is 7.89. The van der Waals surface area contributed by atoms with Crippen molar-refractivity contribution >= 4 is 12.0 Å². The molecule has 1 aliphatic heterocycles. The zero-order valence-electron chi connectivity index (χ0n) is 31.8. The fraction of sp³-hybridized carbons (Fsp3) is 0.622. The third-order valence-corrected chi connectivity index (χ3v) is 13.2. The van der Waals surface area contributed by atoms with Gasteiger partial charge in [0, 0.05) is 42.0 Å². The van der Waals surface area contributed by atoms with E-state index in [4.69, 9.17) is 9.47 Å². The highest BCUT2D eigenvalue weighted by atomic mass is 16.7.